The predicted molar refractivity (Wildman–Crippen MR) is 109 cm³/mol. The first kappa shape index (κ1) is 19.2. The highest BCUT2D eigenvalue weighted by Crippen LogP contribution is 2.23. The van der Waals surface area contributed by atoms with Gasteiger partial charge in [0.1, 0.15) is 12.4 Å². The number of para-hydroxylation sites is 2. The summed E-state index contributed by atoms with van der Waals surface area (Å²) < 4.78 is 7.09. The molecule has 3 heterocycles. The molecule has 1 atom stereocenters. The summed E-state index contributed by atoms with van der Waals surface area (Å²) in [5.74, 6) is 1.35. The summed E-state index contributed by atoms with van der Waals surface area (Å²) in [5, 5.41) is 2.92. The van der Waals surface area contributed by atoms with Gasteiger partial charge in [-0.25, -0.2) is 4.98 Å². The molecule has 2 aromatic heterocycles. The third kappa shape index (κ3) is 4.04. The van der Waals surface area contributed by atoms with Crippen LogP contribution in [-0.2, 0) is 11.3 Å². The van der Waals surface area contributed by atoms with Gasteiger partial charge < -0.3 is 19.2 Å². The van der Waals surface area contributed by atoms with Gasteiger partial charge in [0.25, 0.3) is 5.91 Å². The zero-order valence-electron chi connectivity index (χ0n) is 16.8. The number of piperidine rings is 1. The Morgan fingerprint density at radius 3 is 2.69 bits per heavy atom. The van der Waals surface area contributed by atoms with Gasteiger partial charge in [-0.1, -0.05) is 19.1 Å². The molecule has 1 aromatic carbocycles. The number of hydrogen-bond donors (Lipinski definition) is 1. The van der Waals surface area contributed by atoms with E-state index in [0.29, 0.717) is 11.7 Å². The Balaban J connectivity index is 1.58. The normalized spacial score (nSPS) is 16.1. The fraction of sp³-hybridized carbons (Fsp3) is 0.409. The van der Waals surface area contributed by atoms with E-state index in [4.69, 9.17) is 9.40 Å². The van der Waals surface area contributed by atoms with Gasteiger partial charge in [0.05, 0.1) is 23.3 Å². The molecule has 7 nitrogen and oxygen atoms in total. The fourth-order valence-corrected chi connectivity index (χ4v) is 3.82. The molecule has 1 N–H and O–H groups in total. The SMILES string of the molecule is CC1CCN(C(=O)Cn2c([C@@H](C)NC(=O)c3ccco3)nc3ccccc32)CC1. The Kier molecular flexibility index (Phi) is 5.38. The van der Waals surface area contributed by atoms with Crippen LogP contribution in [0.5, 0.6) is 0 Å². The summed E-state index contributed by atoms with van der Waals surface area (Å²) in [6.07, 6.45) is 3.55. The maximum Gasteiger partial charge on any atom is 0.287 e. The van der Waals surface area contributed by atoms with E-state index < -0.39 is 0 Å². The third-order valence-electron chi connectivity index (χ3n) is 5.59. The summed E-state index contributed by atoms with van der Waals surface area (Å²) in [7, 11) is 0. The molecule has 2 amide bonds. The third-order valence-corrected chi connectivity index (χ3v) is 5.59. The molecular formula is C22H26N4O3. The van der Waals surface area contributed by atoms with Crippen molar-refractivity contribution in [2.75, 3.05) is 13.1 Å². The first-order valence-electron chi connectivity index (χ1n) is 10.1. The number of carbonyl (C=O) groups excluding carboxylic acids is 2. The van der Waals surface area contributed by atoms with Crippen LogP contribution in [0, 0.1) is 5.92 Å². The van der Waals surface area contributed by atoms with Crippen molar-refractivity contribution >= 4 is 22.8 Å². The molecule has 1 aliphatic rings. The Morgan fingerprint density at radius 2 is 1.97 bits per heavy atom. The number of carbonyl (C=O) groups is 2. The van der Waals surface area contributed by atoms with Crippen LogP contribution in [-0.4, -0.2) is 39.4 Å². The van der Waals surface area contributed by atoms with Gasteiger partial charge >= 0.3 is 0 Å². The molecule has 7 heteroatoms. The number of amides is 2. The second-order valence-electron chi connectivity index (χ2n) is 7.78. The number of rotatable bonds is 5. The summed E-state index contributed by atoms with van der Waals surface area (Å²) >= 11 is 0. The average molecular weight is 394 g/mol. The van der Waals surface area contributed by atoms with E-state index in [1.807, 2.05) is 40.7 Å². The molecule has 0 saturated carbocycles. The van der Waals surface area contributed by atoms with Gasteiger partial charge in [0, 0.05) is 13.1 Å². The number of aromatic nitrogens is 2. The standard InChI is InChI=1S/C22H26N4O3/c1-15-9-11-25(12-10-15)20(27)14-26-18-7-4-3-6-17(18)24-21(26)16(2)23-22(28)19-8-5-13-29-19/h3-8,13,15-16H,9-12,14H2,1-2H3,(H,23,28)/t16-/m1/s1. The van der Waals surface area contributed by atoms with Gasteiger partial charge in [-0.05, 0) is 49.9 Å². The molecule has 29 heavy (non-hydrogen) atoms. The maximum atomic E-state index is 13.0. The van der Waals surface area contributed by atoms with E-state index in [9.17, 15) is 9.59 Å². The van der Waals surface area contributed by atoms with Crippen LogP contribution in [0.15, 0.2) is 47.1 Å². The number of nitrogens with zero attached hydrogens (tertiary/aromatic N) is 3. The largest absolute Gasteiger partial charge is 0.459 e. The van der Waals surface area contributed by atoms with E-state index in [2.05, 4.69) is 12.2 Å². The predicted octanol–water partition coefficient (Wildman–Crippen LogP) is 3.38. The number of imidazole rings is 1. The second kappa shape index (κ2) is 8.11. The minimum atomic E-state index is -0.380. The zero-order chi connectivity index (χ0) is 20.4. The number of likely N-dealkylation sites (tertiary alicyclic amines) is 1. The van der Waals surface area contributed by atoms with Crippen LogP contribution in [0.2, 0.25) is 0 Å². The lowest BCUT2D eigenvalue weighted by Gasteiger charge is -2.30. The Hall–Kier alpha value is -3.09. The lowest BCUT2D eigenvalue weighted by Crippen LogP contribution is -2.40. The van der Waals surface area contributed by atoms with Crippen molar-refractivity contribution in [3.05, 3.63) is 54.2 Å². The van der Waals surface area contributed by atoms with E-state index in [-0.39, 0.29) is 30.2 Å². The monoisotopic (exact) mass is 394 g/mol. The van der Waals surface area contributed by atoms with Crippen LogP contribution < -0.4 is 5.32 Å². The summed E-state index contributed by atoms with van der Waals surface area (Å²) in [5.41, 5.74) is 1.70. The molecule has 1 aliphatic heterocycles. The highest BCUT2D eigenvalue weighted by atomic mass is 16.3. The van der Waals surface area contributed by atoms with Crippen molar-refractivity contribution in [3.8, 4) is 0 Å². The van der Waals surface area contributed by atoms with Crippen LogP contribution >= 0.6 is 0 Å². The van der Waals surface area contributed by atoms with Crippen molar-refractivity contribution < 1.29 is 14.0 Å². The molecule has 3 aromatic rings. The van der Waals surface area contributed by atoms with Crippen LogP contribution in [0.25, 0.3) is 11.0 Å². The van der Waals surface area contributed by atoms with Gasteiger partial charge in [0.2, 0.25) is 5.91 Å². The van der Waals surface area contributed by atoms with Crippen molar-refractivity contribution in [2.24, 2.45) is 5.92 Å². The summed E-state index contributed by atoms with van der Waals surface area (Å²) in [4.78, 5) is 32.0. The van der Waals surface area contributed by atoms with Gasteiger partial charge in [-0.15, -0.1) is 0 Å². The average Bonchev–Trinajstić information content (AvgIpc) is 3.37. The van der Waals surface area contributed by atoms with Gasteiger partial charge in [0.15, 0.2) is 5.76 Å². The quantitative estimate of drug-likeness (QED) is 0.719. The van der Waals surface area contributed by atoms with Crippen molar-refractivity contribution in [1.29, 1.82) is 0 Å². The van der Waals surface area contributed by atoms with Crippen LogP contribution in [0.1, 0.15) is 49.1 Å². The van der Waals surface area contributed by atoms with Crippen LogP contribution in [0.3, 0.4) is 0 Å². The van der Waals surface area contributed by atoms with E-state index in [1.54, 1.807) is 12.1 Å². The van der Waals surface area contributed by atoms with Crippen molar-refractivity contribution in [1.82, 2.24) is 19.8 Å². The Labute approximate surface area is 169 Å². The molecule has 0 aliphatic carbocycles. The molecule has 0 spiro atoms. The molecule has 0 bridgehead atoms. The van der Waals surface area contributed by atoms with E-state index in [1.165, 1.54) is 6.26 Å². The highest BCUT2D eigenvalue weighted by molar-refractivity contribution is 5.91. The lowest BCUT2D eigenvalue weighted by atomic mass is 9.99. The number of benzene rings is 1. The molecular weight excluding hydrogens is 368 g/mol. The first-order chi connectivity index (χ1) is 14.0. The molecule has 152 valence electrons. The zero-order valence-corrected chi connectivity index (χ0v) is 16.8. The van der Waals surface area contributed by atoms with Gasteiger partial charge in [-0.2, -0.15) is 0 Å². The fourth-order valence-electron chi connectivity index (χ4n) is 3.82. The van der Waals surface area contributed by atoms with Crippen LogP contribution in [0.4, 0.5) is 0 Å². The maximum absolute atomic E-state index is 13.0. The molecule has 0 radical (unpaired) electrons. The number of furan rings is 1. The van der Waals surface area contributed by atoms with Crippen molar-refractivity contribution in [3.63, 3.8) is 0 Å². The summed E-state index contributed by atoms with van der Waals surface area (Å²) in [6.45, 7) is 5.91. The minimum Gasteiger partial charge on any atom is -0.459 e. The number of hydrogen-bond acceptors (Lipinski definition) is 4. The molecule has 4 rings (SSSR count). The first-order valence-corrected chi connectivity index (χ1v) is 10.1. The smallest absolute Gasteiger partial charge is 0.287 e. The van der Waals surface area contributed by atoms with E-state index >= 15 is 0 Å². The van der Waals surface area contributed by atoms with E-state index in [0.717, 1.165) is 37.0 Å². The topological polar surface area (TPSA) is 80.4 Å². The number of nitrogens with one attached hydrogen (secondary N) is 1. The highest BCUT2D eigenvalue weighted by Gasteiger charge is 2.25. The summed E-state index contributed by atoms with van der Waals surface area (Å²) in [6, 6.07) is 10.6. The number of fused-ring (bicyclic) bond motifs is 1. The Bertz CT molecular complexity index is 1000. The minimum absolute atomic E-state index is 0.0888. The Morgan fingerprint density at radius 1 is 1.21 bits per heavy atom. The lowest BCUT2D eigenvalue weighted by molar-refractivity contribution is -0.133. The molecule has 0 unspecified atom stereocenters. The second-order valence-corrected chi connectivity index (χ2v) is 7.78. The van der Waals surface area contributed by atoms with Crippen molar-refractivity contribution in [2.45, 2.75) is 39.3 Å². The molecule has 1 saturated heterocycles. The van der Waals surface area contributed by atoms with Gasteiger partial charge in [-0.3, -0.25) is 9.59 Å². The molecule has 1 fully saturated rings.